The zero-order chi connectivity index (χ0) is 14.1. The molecule has 1 aliphatic heterocycles. The van der Waals surface area contributed by atoms with Crippen LogP contribution in [0.15, 0.2) is 60.7 Å². The van der Waals surface area contributed by atoms with Gasteiger partial charge in [0.15, 0.2) is 0 Å². The molecule has 108 valence electrons. The summed E-state index contributed by atoms with van der Waals surface area (Å²) >= 11 is 0. The lowest BCUT2D eigenvalue weighted by Crippen LogP contribution is -2.14. The van der Waals surface area contributed by atoms with Gasteiger partial charge in [-0.3, -0.25) is 5.09 Å². The van der Waals surface area contributed by atoms with Gasteiger partial charge in [-0.15, -0.1) is 0 Å². The van der Waals surface area contributed by atoms with Crippen LogP contribution in [0.3, 0.4) is 0 Å². The largest absolute Gasteiger partial charge is 0.292 e. The van der Waals surface area contributed by atoms with Crippen LogP contribution in [0, 0.1) is 0 Å². The lowest BCUT2D eigenvalue weighted by Gasteiger charge is -2.27. The highest BCUT2D eigenvalue weighted by molar-refractivity contribution is 7.56. The molecule has 0 spiro atoms. The van der Waals surface area contributed by atoms with Gasteiger partial charge in [0.1, 0.15) is 0 Å². The summed E-state index contributed by atoms with van der Waals surface area (Å²) < 4.78 is 0. The molecule has 2 atom stereocenters. The van der Waals surface area contributed by atoms with Gasteiger partial charge in [0.25, 0.3) is 0 Å². The minimum absolute atomic E-state index is 0.151. The molecule has 1 saturated heterocycles. The predicted octanol–water partition coefficient (Wildman–Crippen LogP) is 5.41. The van der Waals surface area contributed by atoms with Gasteiger partial charge < -0.3 is 0 Å². The van der Waals surface area contributed by atoms with Crippen LogP contribution in [0.5, 0.6) is 0 Å². The Kier molecular flexibility index (Phi) is 3.80. The van der Waals surface area contributed by atoms with Gasteiger partial charge in [0.05, 0.1) is 0 Å². The lowest BCUT2D eigenvalue weighted by atomic mass is 10.0. The number of hydrogen-bond donors (Lipinski definition) is 1. The van der Waals surface area contributed by atoms with Gasteiger partial charge in [-0.1, -0.05) is 60.7 Å². The monoisotopic (exact) mass is 295 g/mol. The molecule has 1 nitrogen and oxygen atoms in total. The summed E-state index contributed by atoms with van der Waals surface area (Å²) in [5.74, 6) is 0. The minimum Gasteiger partial charge on any atom is -0.292 e. The topological polar surface area (TPSA) is 12.0 Å². The summed E-state index contributed by atoms with van der Waals surface area (Å²) in [4.78, 5) is 0. The maximum atomic E-state index is 4.01. The van der Waals surface area contributed by atoms with Crippen molar-refractivity contribution in [2.45, 2.75) is 43.0 Å². The van der Waals surface area contributed by atoms with Gasteiger partial charge in [0.2, 0.25) is 0 Å². The third-order valence-corrected chi connectivity index (χ3v) is 7.78. The molecule has 2 aromatic carbocycles. The normalized spacial score (nSPS) is 28.7. The quantitative estimate of drug-likeness (QED) is 0.743. The SMILES string of the molecule is c1ccc(C2CCC(c3ccccc3)P2NC2CC2)cc1. The zero-order valence-corrected chi connectivity index (χ0v) is 13.2. The van der Waals surface area contributed by atoms with E-state index in [1.54, 1.807) is 0 Å². The summed E-state index contributed by atoms with van der Waals surface area (Å²) in [6.07, 6.45) is 5.41. The van der Waals surface area contributed by atoms with Gasteiger partial charge in [-0.2, -0.15) is 0 Å². The first-order valence-corrected chi connectivity index (χ1v) is 9.54. The molecule has 2 fully saturated rings. The highest BCUT2D eigenvalue weighted by Crippen LogP contribution is 2.68. The summed E-state index contributed by atoms with van der Waals surface area (Å²) in [6.45, 7) is 0. The summed E-state index contributed by atoms with van der Waals surface area (Å²) in [5, 5.41) is 4.01. The van der Waals surface area contributed by atoms with E-state index in [1.165, 1.54) is 36.8 Å². The molecule has 0 bridgehead atoms. The van der Waals surface area contributed by atoms with E-state index in [9.17, 15) is 0 Å². The molecule has 1 N–H and O–H groups in total. The van der Waals surface area contributed by atoms with Crippen molar-refractivity contribution in [2.75, 3.05) is 0 Å². The Bertz CT molecular complexity index is 532. The molecule has 21 heavy (non-hydrogen) atoms. The van der Waals surface area contributed by atoms with Crippen molar-refractivity contribution in [3.8, 4) is 0 Å². The van der Waals surface area contributed by atoms with Crippen LogP contribution in [0.2, 0.25) is 0 Å². The second-order valence-corrected chi connectivity index (χ2v) is 8.56. The minimum atomic E-state index is -0.151. The Balaban J connectivity index is 1.63. The van der Waals surface area contributed by atoms with Gasteiger partial charge in [-0.25, -0.2) is 0 Å². The van der Waals surface area contributed by atoms with E-state index >= 15 is 0 Å². The summed E-state index contributed by atoms with van der Waals surface area (Å²) in [7, 11) is -0.151. The second kappa shape index (κ2) is 5.91. The van der Waals surface area contributed by atoms with E-state index in [1.807, 2.05) is 0 Å². The fourth-order valence-electron chi connectivity index (χ4n) is 3.42. The van der Waals surface area contributed by atoms with Crippen molar-refractivity contribution in [2.24, 2.45) is 0 Å². The van der Waals surface area contributed by atoms with Crippen LogP contribution in [0.4, 0.5) is 0 Å². The first-order valence-electron chi connectivity index (χ1n) is 8.06. The Hall–Kier alpha value is -1.17. The number of nitrogens with one attached hydrogen (secondary N) is 1. The highest BCUT2D eigenvalue weighted by Gasteiger charge is 2.40. The Morgan fingerprint density at radius 2 is 1.14 bits per heavy atom. The van der Waals surface area contributed by atoms with E-state index in [-0.39, 0.29) is 8.07 Å². The Morgan fingerprint density at radius 3 is 1.57 bits per heavy atom. The van der Waals surface area contributed by atoms with Crippen molar-refractivity contribution in [1.82, 2.24) is 5.09 Å². The molecule has 2 unspecified atom stereocenters. The van der Waals surface area contributed by atoms with Crippen LogP contribution in [0.1, 0.15) is 48.1 Å². The summed E-state index contributed by atoms with van der Waals surface area (Å²) in [5.41, 5.74) is 4.53. The van der Waals surface area contributed by atoms with Crippen molar-refractivity contribution in [3.05, 3.63) is 71.8 Å². The van der Waals surface area contributed by atoms with Crippen molar-refractivity contribution >= 4 is 8.07 Å². The average Bonchev–Trinajstić information content (AvgIpc) is 3.27. The average molecular weight is 295 g/mol. The molecule has 0 radical (unpaired) electrons. The second-order valence-electron chi connectivity index (χ2n) is 6.24. The predicted molar refractivity (Wildman–Crippen MR) is 90.7 cm³/mol. The van der Waals surface area contributed by atoms with E-state index in [0.29, 0.717) is 0 Å². The first kappa shape index (κ1) is 13.5. The molecule has 1 aliphatic carbocycles. The smallest absolute Gasteiger partial charge is 0.0178 e. The maximum absolute atomic E-state index is 4.01. The molecule has 2 aliphatic rings. The van der Waals surface area contributed by atoms with Crippen LogP contribution in [0.25, 0.3) is 0 Å². The molecule has 2 heteroatoms. The Morgan fingerprint density at radius 1 is 0.667 bits per heavy atom. The van der Waals surface area contributed by atoms with Crippen LogP contribution in [-0.4, -0.2) is 6.04 Å². The maximum Gasteiger partial charge on any atom is 0.0178 e. The van der Waals surface area contributed by atoms with Gasteiger partial charge >= 0.3 is 0 Å². The molecular weight excluding hydrogens is 273 g/mol. The van der Waals surface area contributed by atoms with Gasteiger partial charge in [0, 0.05) is 17.4 Å². The van der Waals surface area contributed by atoms with Crippen molar-refractivity contribution in [3.63, 3.8) is 0 Å². The van der Waals surface area contributed by atoms with E-state index in [4.69, 9.17) is 0 Å². The van der Waals surface area contributed by atoms with Crippen molar-refractivity contribution in [1.29, 1.82) is 0 Å². The van der Waals surface area contributed by atoms with E-state index in [2.05, 4.69) is 65.8 Å². The van der Waals surface area contributed by atoms with Crippen LogP contribution >= 0.6 is 8.07 Å². The Labute approximate surface area is 128 Å². The zero-order valence-electron chi connectivity index (χ0n) is 12.3. The molecule has 1 saturated carbocycles. The van der Waals surface area contributed by atoms with E-state index < -0.39 is 0 Å². The third kappa shape index (κ3) is 2.91. The van der Waals surface area contributed by atoms with Gasteiger partial charge in [-0.05, 0) is 44.9 Å². The fraction of sp³-hybridized carbons (Fsp3) is 0.368. The molecule has 2 aromatic rings. The number of benzene rings is 2. The first-order chi connectivity index (χ1) is 10.4. The van der Waals surface area contributed by atoms with Crippen LogP contribution < -0.4 is 5.09 Å². The van der Waals surface area contributed by atoms with Crippen molar-refractivity contribution < 1.29 is 0 Å². The molecule has 4 rings (SSSR count). The molecule has 0 aromatic heterocycles. The van der Waals surface area contributed by atoms with E-state index in [0.717, 1.165) is 17.4 Å². The number of hydrogen-bond acceptors (Lipinski definition) is 1. The molecule has 1 heterocycles. The van der Waals surface area contributed by atoms with Crippen LogP contribution in [-0.2, 0) is 0 Å². The summed E-state index contributed by atoms with van der Waals surface area (Å²) in [6, 6.07) is 23.1. The molecular formula is C19H22NP. The fourth-order valence-corrected chi connectivity index (χ4v) is 6.73. The third-order valence-electron chi connectivity index (χ3n) is 4.66. The highest BCUT2D eigenvalue weighted by atomic mass is 31.1. The number of rotatable bonds is 4. The molecule has 0 amide bonds. The lowest BCUT2D eigenvalue weighted by molar-refractivity contribution is 0.765. The standard InChI is InChI=1S/C19H22NP/c1-3-7-15(8-4-1)18-13-14-19(16-9-5-2-6-10-16)21(18)20-17-11-12-17/h1-10,17-20H,11-14H2.